The maximum atomic E-state index is 4.34. The van der Waals surface area contributed by atoms with Gasteiger partial charge < -0.3 is 4.57 Å². The van der Waals surface area contributed by atoms with E-state index in [2.05, 4.69) is 51.1 Å². The van der Waals surface area contributed by atoms with E-state index in [1.54, 1.807) is 11.3 Å². The average molecular weight is 297 g/mol. The molecule has 1 fully saturated rings. The zero-order valence-corrected chi connectivity index (χ0v) is 12.7. The lowest BCUT2D eigenvalue weighted by Gasteiger charge is -2.19. The van der Waals surface area contributed by atoms with E-state index in [1.807, 2.05) is 11.8 Å². The maximum Gasteiger partial charge on any atom is 0.191 e. The first-order valence-corrected chi connectivity index (χ1v) is 8.93. The van der Waals surface area contributed by atoms with Crippen molar-refractivity contribution >= 4 is 34.9 Å². The molecular weight excluding hydrogens is 282 g/mol. The minimum Gasteiger partial charge on any atom is -0.304 e. The number of hydrogen-bond donors (Lipinski definition) is 0. The van der Waals surface area contributed by atoms with E-state index in [-0.39, 0.29) is 0 Å². The summed E-state index contributed by atoms with van der Waals surface area (Å²) in [6, 6.07) is 4.15. The van der Waals surface area contributed by atoms with E-state index >= 15 is 0 Å². The highest BCUT2D eigenvalue weighted by Crippen LogP contribution is 2.33. The lowest BCUT2D eigenvalue weighted by atomic mass is 10.2. The molecule has 6 heteroatoms. The predicted molar refractivity (Wildman–Crippen MR) is 80.5 cm³/mol. The molecule has 0 aliphatic carbocycles. The Kier molecular flexibility index (Phi) is 3.96. The highest BCUT2D eigenvalue weighted by Gasteiger charge is 2.19. The molecule has 3 heterocycles. The van der Waals surface area contributed by atoms with Crippen LogP contribution in [-0.4, -0.2) is 31.5 Å². The fourth-order valence-electron chi connectivity index (χ4n) is 1.98. The molecule has 0 atom stereocenters. The second-order valence-corrected chi connectivity index (χ2v) is 7.71. The summed E-state index contributed by atoms with van der Waals surface area (Å²) < 4.78 is 2.12. The molecule has 2 aromatic rings. The Morgan fingerprint density at radius 1 is 1.33 bits per heavy atom. The fraction of sp³-hybridized carbons (Fsp3) is 0.500. The Labute approximate surface area is 119 Å². The quantitative estimate of drug-likeness (QED) is 0.867. The molecular formula is C12H15N3S3. The Hall–Kier alpha value is -0.460. The van der Waals surface area contributed by atoms with E-state index in [9.17, 15) is 0 Å². The molecule has 0 bridgehead atoms. The zero-order chi connectivity index (χ0) is 12.4. The van der Waals surface area contributed by atoms with Crippen LogP contribution in [0.2, 0.25) is 0 Å². The number of rotatable bonds is 3. The van der Waals surface area contributed by atoms with Gasteiger partial charge in [-0.25, -0.2) is 0 Å². The van der Waals surface area contributed by atoms with E-state index in [0.717, 1.165) is 11.0 Å². The van der Waals surface area contributed by atoms with Crippen molar-refractivity contribution in [3.8, 4) is 10.7 Å². The summed E-state index contributed by atoms with van der Waals surface area (Å²) in [5.41, 5.74) is 0. The smallest absolute Gasteiger partial charge is 0.191 e. The standard InChI is InChI=1S/C12H15N3S3/c1-15-11(10-3-2-6-17-10)13-14-12(15)18-9-4-7-16-8-5-9/h2-3,6,9H,4-5,7-8H2,1H3. The molecule has 1 saturated heterocycles. The second-order valence-electron chi connectivity index (χ2n) is 4.27. The van der Waals surface area contributed by atoms with Crippen molar-refractivity contribution in [1.82, 2.24) is 14.8 Å². The first-order chi connectivity index (χ1) is 8.84. The lowest BCUT2D eigenvalue weighted by molar-refractivity contribution is 0.754. The summed E-state index contributed by atoms with van der Waals surface area (Å²) in [5, 5.41) is 12.5. The van der Waals surface area contributed by atoms with Crippen molar-refractivity contribution in [2.45, 2.75) is 23.2 Å². The molecule has 0 aromatic carbocycles. The van der Waals surface area contributed by atoms with Crippen LogP contribution in [0.1, 0.15) is 12.8 Å². The summed E-state index contributed by atoms with van der Waals surface area (Å²) in [6.07, 6.45) is 2.58. The molecule has 1 aliphatic heterocycles. The molecule has 0 N–H and O–H groups in total. The summed E-state index contributed by atoms with van der Waals surface area (Å²) in [7, 11) is 2.06. The molecule has 3 nitrogen and oxygen atoms in total. The fourth-order valence-corrected chi connectivity index (χ4v) is 5.23. The molecule has 0 unspecified atom stereocenters. The van der Waals surface area contributed by atoms with Gasteiger partial charge in [-0.15, -0.1) is 21.5 Å². The van der Waals surface area contributed by atoms with Crippen LogP contribution in [-0.2, 0) is 7.05 Å². The minimum atomic E-state index is 0.713. The number of thiophene rings is 1. The topological polar surface area (TPSA) is 30.7 Å². The van der Waals surface area contributed by atoms with Crippen LogP contribution >= 0.6 is 34.9 Å². The lowest BCUT2D eigenvalue weighted by Crippen LogP contribution is -2.12. The molecule has 2 aromatic heterocycles. The van der Waals surface area contributed by atoms with Crippen molar-refractivity contribution in [1.29, 1.82) is 0 Å². The van der Waals surface area contributed by atoms with E-state index in [0.29, 0.717) is 5.25 Å². The summed E-state index contributed by atoms with van der Waals surface area (Å²) in [4.78, 5) is 1.19. The molecule has 0 radical (unpaired) electrons. The number of aromatic nitrogens is 3. The van der Waals surface area contributed by atoms with Crippen LogP contribution in [0.3, 0.4) is 0 Å². The van der Waals surface area contributed by atoms with Crippen molar-refractivity contribution in [3.05, 3.63) is 17.5 Å². The van der Waals surface area contributed by atoms with Gasteiger partial charge in [0, 0.05) is 12.3 Å². The van der Waals surface area contributed by atoms with Gasteiger partial charge in [-0.05, 0) is 35.8 Å². The molecule has 0 amide bonds. The van der Waals surface area contributed by atoms with Crippen LogP contribution in [0.4, 0.5) is 0 Å². The van der Waals surface area contributed by atoms with Gasteiger partial charge >= 0.3 is 0 Å². The molecule has 3 rings (SSSR count). The van der Waals surface area contributed by atoms with Crippen LogP contribution < -0.4 is 0 Å². The summed E-state index contributed by atoms with van der Waals surface area (Å²) >= 11 is 5.67. The Morgan fingerprint density at radius 3 is 2.89 bits per heavy atom. The Balaban J connectivity index is 1.77. The van der Waals surface area contributed by atoms with Gasteiger partial charge in [0.05, 0.1) is 4.88 Å². The zero-order valence-electron chi connectivity index (χ0n) is 10.2. The third-order valence-electron chi connectivity index (χ3n) is 3.02. The van der Waals surface area contributed by atoms with Crippen molar-refractivity contribution in [2.75, 3.05) is 11.5 Å². The van der Waals surface area contributed by atoms with Crippen molar-refractivity contribution in [3.63, 3.8) is 0 Å². The van der Waals surface area contributed by atoms with Crippen molar-refractivity contribution in [2.24, 2.45) is 7.05 Å². The third-order valence-corrected chi connectivity index (χ3v) is 6.30. The molecule has 96 valence electrons. The minimum absolute atomic E-state index is 0.713. The summed E-state index contributed by atoms with van der Waals surface area (Å²) in [6.45, 7) is 0. The van der Waals surface area contributed by atoms with Gasteiger partial charge in [0.1, 0.15) is 0 Å². The summed E-state index contributed by atoms with van der Waals surface area (Å²) in [5.74, 6) is 3.55. The van der Waals surface area contributed by atoms with E-state index < -0.39 is 0 Å². The van der Waals surface area contributed by atoms with Crippen LogP contribution in [0.25, 0.3) is 10.7 Å². The van der Waals surface area contributed by atoms with Crippen LogP contribution in [0.15, 0.2) is 22.7 Å². The van der Waals surface area contributed by atoms with Crippen molar-refractivity contribution < 1.29 is 0 Å². The van der Waals surface area contributed by atoms with Crippen LogP contribution in [0.5, 0.6) is 0 Å². The normalized spacial score (nSPS) is 17.2. The third kappa shape index (κ3) is 2.60. The highest BCUT2D eigenvalue weighted by atomic mass is 32.2. The predicted octanol–water partition coefficient (Wildman–Crippen LogP) is 3.53. The van der Waals surface area contributed by atoms with Gasteiger partial charge in [0.15, 0.2) is 11.0 Å². The monoisotopic (exact) mass is 297 g/mol. The molecule has 18 heavy (non-hydrogen) atoms. The second kappa shape index (κ2) is 5.67. The Bertz CT molecular complexity index is 501. The van der Waals surface area contributed by atoms with E-state index in [4.69, 9.17) is 0 Å². The number of thioether (sulfide) groups is 2. The van der Waals surface area contributed by atoms with Crippen LogP contribution in [0, 0.1) is 0 Å². The molecule has 0 saturated carbocycles. The van der Waals surface area contributed by atoms with Gasteiger partial charge in [-0.1, -0.05) is 17.8 Å². The average Bonchev–Trinajstić information content (AvgIpc) is 3.02. The van der Waals surface area contributed by atoms with Gasteiger partial charge in [0.2, 0.25) is 0 Å². The molecule has 1 aliphatic rings. The van der Waals surface area contributed by atoms with Gasteiger partial charge in [-0.3, -0.25) is 0 Å². The first-order valence-electron chi connectivity index (χ1n) is 6.02. The number of hydrogen-bond acceptors (Lipinski definition) is 5. The largest absolute Gasteiger partial charge is 0.304 e. The highest BCUT2D eigenvalue weighted by molar-refractivity contribution is 8.01. The maximum absolute atomic E-state index is 4.34. The van der Waals surface area contributed by atoms with Gasteiger partial charge in [-0.2, -0.15) is 11.8 Å². The van der Waals surface area contributed by atoms with Gasteiger partial charge in [0.25, 0.3) is 0 Å². The van der Waals surface area contributed by atoms with E-state index in [1.165, 1.54) is 29.2 Å². The SMILES string of the molecule is Cn1c(SC2CCSCC2)nnc1-c1cccs1. The first kappa shape index (κ1) is 12.6. The number of nitrogens with zero attached hydrogens (tertiary/aromatic N) is 3. The Morgan fingerprint density at radius 2 is 2.17 bits per heavy atom. The molecule has 0 spiro atoms.